The van der Waals surface area contributed by atoms with Gasteiger partial charge in [0.25, 0.3) is 11.5 Å². The molecule has 1 aromatic heterocycles. The zero-order chi connectivity index (χ0) is 13.9. The minimum absolute atomic E-state index is 0.0129. The molecule has 0 unspecified atom stereocenters. The third-order valence-corrected chi connectivity index (χ3v) is 2.57. The van der Waals surface area contributed by atoms with Gasteiger partial charge in [0, 0.05) is 46.0 Å². The third kappa shape index (κ3) is 3.19. The van der Waals surface area contributed by atoms with Gasteiger partial charge in [-0.3, -0.25) is 14.4 Å². The minimum atomic E-state index is -0.345. The lowest BCUT2D eigenvalue weighted by Gasteiger charge is -2.19. The standard InChI is InChI=1S/C12H17N3O3/c1-13(2)11(17)8-15(4)12(18)9-5-6-14(3)10(16)7-9/h5-7H,8H2,1-4H3. The highest BCUT2D eigenvalue weighted by molar-refractivity contribution is 5.96. The molecule has 0 aliphatic heterocycles. The van der Waals surface area contributed by atoms with E-state index in [9.17, 15) is 14.4 Å². The maximum absolute atomic E-state index is 12.0. The zero-order valence-corrected chi connectivity index (χ0v) is 11.0. The highest BCUT2D eigenvalue weighted by Crippen LogP contribution is 2.00. The largest absolute Gasteiger partial charge is 0.347 e. The van der Waals surface area contributed by atoms with Gasteiger partial charge in [0.2, 0.25) is 5.91 Å². The molecule has 6 heteroatoms. The normalized spacial score (nSPS) is 10.0. The number of nitrogens with zero attached hydrogens (tertiary/aromatic N) is 3. The van der Waals surface area contributed by atoms with Gasteiger partial charge in [0.05, 0.1) is 6.54 Å². The molecule has 0 radical (unpaired) electrons. The van der Waals surface area contributed by atoms with Crippen LogP contribution in [0.2, 0.25) is 0 Å². The number of hydrogen-bond acceptors (Lipinski definition) is 3. The predicted octanol–water partition coefficient (Wildman–Crippen LogP) is -0.454. The van der Waals surface area contributed by atoms with Gasteiger partial charge in [-0.1, -0.05) is 0 Å². The molecule has 18 heavy (non-hydrogen) atoms. The summed E-state index contributed by atoms with van der Waals surface area (Å²) in [7, 11) is 6.38. The third-order valence-electron chi connectivity index (χ3n) is 2.57. The number of amides is 2. The quantitative estimate of drug-likeness (QED) is 0.730. The summed E-state index contributed by atoms with van der Waals surface area (Å²) in [5.74, 6) is -0.516. The molecule has 0 atom stereocenters. The van der Waals surface area contributed by atoms with Gasteiger partial charge in [0.1, 0.15) is 0 Å². The van der Waals surface area contributed by atoms with Crippen molar-refractivity contribution in [3.63, 3.8) is 0 Å². The van der Waals surface area contributed by atoms with Gasteiger partial charge in [-0.2, -0.15) is 0 Å². The number of rotatable bonds is 3. The number of carbonyl (C=O) groups is 2. The molecule has 1 heterocycles. The van der Waals surface area contributed by atoms with Crippen molar-refractivity contribution in [1.29, 1.82) is 0 Å². The first-order chi connectivity index (χ1) is 8.32. The first kappa shape index (κ1) is 14.0. The molecule has 0 aromatic carbocycles. The number of pyridine rings is 1. The average molecular weight is 251 g/mol. The van der Waals surface area contributed by atoms with Gasteiger partial charge in [0.15, 0.2) is 0 Å². The van der Waals surface area contributed by atoms with Crippen LogP contribution in [0.5, 0.6) is 0 Å². The minimum Gasteiger partial charge on any atom is -0.347 e. The molecule has 0 saturated carbocycles. The van der Waals surface area contributed by atoms with E-state index in [-0.39, 0.29) is 29.5 Å². The summed E-state index contributed by atoms with van der Waals surface area (Å²) in [4.78, 5) is 37.6. The van der Waals surface area contributed by atoms with Gasteiger partial charge in [-0.25, -0.2) is 0 Å². The van der Waals surface area contributed by atoms with E-state index in [0.717, 1.165) is 0 Å². The molecule has 1 rings (SSSR count). The fourth-order valence-electron chi connectivity index (χ4n) is 1.32. The van der Waals surface area contributed by atoms with Crippen molar-refractivity contribution < 1.29 is 9.59 Å². The molecule has 0 spiro atoms. The van der Waals surface area contributed by atoms with Crippen molar-refractivity contribution in [2.24, 2.45) is 7.05 Å². The first-order valence-corrected chi connectivity index (χ1v) is 5.45. The second-order valence-corrected chi connectivity index (χ2v) is 4.31. The Bertz CT molecular complexity index is 520. The van der Waals surface area contributed by atoms with E-state index >= 15 is 0 Å². The van der Waals surface area contributed by atoms with Crippen molar-refractivity contribution in [2.45, 2.75) is 0 Å². The van der Waals surface area contributed by atoms with Gasteiger partial charge in [-0.05, 0) is 6.07 Å². The highest BCUT2D eigenvalue weighted by Gasteiger charge is 2.16. The van der Waals surface area contributed by atoms with Crippen LogP contribution in [0.4, 0.5) is 0 Å². The van der Waals surface area contributed by atoms with Crippen molar-refractivity contribution in [1.82, 2.24) is 14.4 Å². The second-order valence-electron chi connectivity index (χ2n) is 4.31. The van der Waals surface area contributed by atoms with Crippen molar-refractivity contribution in [3.8, 4) is 0 Å². The van der Waals surface area contributed by atoms with Crippen LogP contribution in [0, 0.1) is 0 Å². The average Bonchev–Trinajstić information content (AvgIpc) is 2.31. The fourth-order valence-corrected chi connectivity index (χ4v) is 1.32. The lowest BCUT2D eigenvalue weighted by Crippen LogP contribution is -2.38. The number of likely N-dealkylation sites (N-methyl/N-ethyl adjacent to an activating group) is 2. The van der Waals surface area contributed by atoms with Crippen LogP contribution < -0.4 is 5.56 Å². The number of aromatic nitrogens is 1. The fraction of sp³-hybridized carbons (Fsp3) is 0.417. The van der Waals surface area contributed by atoms with E-state index in [2.05, 4.69) is 0 Å². The van der Waals surface area contributed by atoms with Crippen molar-refractivity contribution in [2.75, 3.05) is 27.7 Å². The van der Waals surface area contributed by atoms with Crippen LogP contribution in [0.25, 0.3) is 0 Å². The summed E-state index contributed by atoms with van der Waals surface area (Å²) in [6, 6.07) is 2.82. The molecular formula is C12H17N3O3. The highest BCUT2D eigenvalue weighted by atomic mass is 16.2. The van der Waals surface area contributed by atoms with Crippen LogP contribution >= 0.6 is 0 Å². The summed E-state index contributed by atoms with van der Waals surface area (Å²) in [5, 5.41) is 0. The Labute approximate surface area is 105 Å². The summed E-state index contributed by atoms with van der Waals surface area (Å²) in [5.41, 5.74) is 0.0281. The van der Waals surface area contributed by atoms with Crippen molar-refractivity contribution in [3.05, 3.63) is 34.2 Å². The smallest absolute Gasteiger partial charge is 0.254 e. The molecule has 98 valence electrons. The van der Waals surface area contributed by atoms with Gasteiger partial charge in [-0.15, -0.1) is 0 Å². The molecule has 0 aliphatic rings. The molecule has 0 fully saturated rings. The molecule has 2 amide bonds. The molecular weight excluding hydrogens is 234 g/mol. The van der Waals surface area contributed by atoms with E-state index in [0.29, 0.717) is 0 Å². The topological polar surface area (TPSA) is 62.6 Å². The Morgan fingerprint density at radius 2 is 1.89 bits per heavy atom. The second kappa shape index (κ2) is 5.48. The number of carbonyl (C=O) groups excluding carboxylic acids is 2. The van der Waals surface area contributed by atoms with E-state index in [1.807, 2.05) is 0 Å². The van der Waals surface area contributed by atoms with E-state index < -0.39 is 0 Å². The number of hydrogen-bond donors (Lipinski definition) is 0. The zero-order valence-electron chi connectivity index (χ0n) is 11.0. The van der Waals surface area contributed by atoms with Gasteiger partial charge >= 0.3 is 0 Å². The lowest BCUT2D eigenvalue weighted by molar-refractivity contribution is -0.129. The van der Waals surface area contributed by atoms with Crippen LogP contribution in [0.1, 0.15) is 10.4 Å². The summed E-state index contributed by atoms with van der Waals surface area (Å²) >= 11 is 0. The summed E-state index contributed by atoms with van der Waals surface area (Å²) < 4.78 is 1.38. The summed E-state index contributed by atoms with van der Waals surface area (Å²) in [6.07, 6.45) is 1.52. The Morgan fingerprint density at radius 3 is 2.39 bits per heavy atom. The van der Waals surface area contributed by atoms with Crippen molar-refractivity contribution >= 4 is 11.8 Å². The monoisotopic (exact) mass is 251 g/mol. The first-order valence-electron chi connectivity index (χ1n) is 5.45. The molecule has 0 aliphatic carbocycles. The molecule has 6 nitrogen and oxygen atoms in total. The van der Waals surface area contributed by atoms with E-state index in [1.54, 1.807) is 27.2 Å². The maximum Gasteiger partial charge on any atom is 0.254 e. The Balaban J connectivity index is 2.83. The lowest BCUT2D eigenvalue weighted by atomic mass is 10.2. The summed E-state index contributed by atoms with van der Waals surface area (Å²) in [6.45, 7) is -0.0129. The van der Waals surface area contributed by atoms with Gasteiger partial charge < -0.3 is 14.4 Å². The Kier molecular flexibility index (Phi) is 4.25. The SMILES string of the molecule is CN(C)C(=O)CN(C)C(=O)c1ccn(C)c(=O)c1. The Morgan fingerprint density at radius 1 is 1.28 bits per heavy atom. The van der Waals surface area contributed by atoms with Crippen LogP contribution in [0.3, 0.4) is 0 Å². The van der Waals surface area contributed by atoms with Crippen LogP contribution in [-0.4, -0.2) is 53.9 Å². The van der Waals surface area contributed by atoms with Crippen LogP contribution in [-0.2, 0) is 11.8 Å². The molecule has 0 N–H and O–H groups in total. The maximum atomic E-state index is 12.0. The predicted molar refractivity (Wildman–Crippen MR) is 67.3 cm³/mol. The van der Waals surface area contributed by atoms with E-state index in [4.69, 9.17) is 0 Å². The number of aryl methyl sites for hydroxylation is 1. The molecule has 1 aromatic rings. The molecule has 0 saturated heterocycles. The Hall–Kier alpha value is -2.11. The molecule has 0 bridgehead atoms. The van der Waals surface area contributed by atoms with E-state index in [1.165, 1.54) is 33.7 Å². The van der Waals surface area contributed by atoms with Crippen LogP contribution in [0.15, 0.2) is 23.1 Å².